The molecule has 0 aliphatic carbocycles. The first kappa shape index (κ1) is 32.3. The number of carbonyl (C=O) groups is 3. The van der Waals surface area contributed by atoms with Crippen molar-refractivity contribution in [3.05, 3.63) is 125 Å². The van der Waals surface area contributed by atoms with Gasteiger partial charge in [-0.3, -0.25) is 4.79 Å². The van der Waals surface area contributed by atoms with Crippen molar-refractivity contribution in [1.82, 2.24) is 5.43 Å². The van der Waals surface area contributed by atoms with E-state index in [-0.39, 0.29) is 11.4 Å². The van der Waals surface area contributed by atoms with Crippen molar-refractivity contribution in [3.63, 3.8) is 0 Å². The lowest BCUT2D eigenvalue weighted by atomic mass is 10.1. The number of alkyl halides is 3. The number of ether oxygens (including phenoxy) is 1. The summed E-state index contributed by atoms with van der Waals surface area (Å²) >= 11 is 1.57. The minimum Gasteiger partial charge on any atom is -0.465 e. The van der Waals surface area contributed by atoms with Gasteiger partial charge in [-0.05, 0) is 72.5 Å². The highest BCUT2D eigenvalue weighted by Crippen LogP contribution is 2.34. The number of amides is 3. The third-order valence-electron chi connectivity index (χ3n) is 7.18. The summed E-state index contributed by atoms with van der Waals surface area (Å²) in [6, 6.07) is 25.8. The number of rotatable bonds is 10. The molecule has 1 aliphatic rings. The minimum atomic E-state index is -4.57. The van der Waals surface area contributed by atoms with E-state index in [1.54, 1.807) is 28.8 Å². The number of urea groups is 1. The van der Waals surface area contributed by atoms with Gasteiger partial charge in [-0.25, -0.2) is 15.0 Å². The number of nitrogens with one attached hydrogen (secondary N) is 2. The number of fused-ring (bicyclic) bond motifs is 1. The van der Waals surface area contributed by atoms with E-state index in [9.17, 15) is 27.6 Å². The number of nitrogens with zero attached hydrogens (tertiary/aromatic N) is 2. The fourth-order valence-electron chi connectivity index (χ4n) is 4.85. The molecule has 0 aromatic heterocycles. The SMILES string of the molecule is COC(=O)c1ccc(CCSc2ccc3c(c2)/C(=N\NC(=O)Nc2cccc(C(F)(F)F)c2)C(=O)N3CCc2ccccc2)cc1. The second-order valence-electron chi connectivity index (χ2n) is 10.3. The molecule has 3 amide bonds. The van der Waals surface area contributed by atoms with Crippen molar-refractivity contribution in [2.45, 2.75) is 23.9 Å². The second kappa shape index (κ2) is 14.3. The number of hydrazone groups is 1. The van der Waals surface area contributed by atoms with Crippen LogP contribution in [-0.4, -0.2) is 43.0 Å². The molecule has 0 atom stereocenters. The molecule has 236 valence electrons. The van der Waals surface area contributed by atoms with Gasteiger partial charge in [-0.1, -0.05) is 48.5 Å². The summed E-state index contributed by atoms with van der Waals surface area (Å²) in [6.07, 6.45) is -3.25. The summed E-state index contributed by atoms with van der Waals surface area (Å²) in [6.45, 7) is 0.374. The van der Waals surface area contributed by atoms with Crippen LogP contribution in [0.25, 0.3) is 0 Å². The van der Waals surface area contributed by atoms with E-state index in [0.717, 1.165) is 34.6 Å². The minimum absolute atomic E-state index is 0.0168. The Morgan fingerprint density at radius 2 is 1.63 bits per heavy atom. The van der Waals surface area contributed by atoms with Crippen LogP contribution in [0.15, 0.2) is 107 Å². The van der Waals surface area contributed by atoms with Gasteiger partial charge in [0.25, 0.3) is 5.91 Å². The molecule has 12 heteroatoms. The van der Waals surface area contributed by atoms with Crippen molar-refractivity contribution in [3.8, 4) is 0 Å². The molecular formula is C34H29F3N4O4S. The first-order chi connectivity index (χ1) is 22.1. The van der Waals surface area contributed by atoms with Crippen LogP contribution in [0.3, 0.4) is 0 Å². The summed E-state index contributed by atoms with van der Waals surface area (Å²) in [7, 11) is 1.33. The van der Waals surface area contributed by atoms with Crippen LogP contribution in [0.1, 0.15) is 32.6 Å². The molecule has 0 spiro atoms. The quantitative estimate of drug-likeness (QED) is 0.111. The fraction of sp³-hybridized carbons (Fsp3) is 0.176. The van der Waals surface area contributed by atoms with Crippen LogP contribution < -0.4 is 15.6 Å². The van der Waals surface area contributed by atoms with Crippen molar-refractivity contribution >= 4 is 46.8 Å². The van der Waals surface area contributed by atoms with Gasteiger partial charge < -0.3 is 15.0 Å². The number of benzene rings is 4. The van der Waals surface area contributed by atoms with E-state index < -0.39 is 29.6 Å². The molecule has 1 aliphatic heterocycles. The highest BCUT2D eigenvalue weighted by atomic mass is 32.2. The molecule has 0 radical (unpaired) electrons. The number of aryl methyl sites for hydroxylation is 1. The molecule has 4 aromatic rings. The van der Waals surface area contributed by atoms with Gasteiger partial charge in [0.1, 0.15) is 0 Å². The van der Waals surface area contributed by atoms with E-state index in [2.05, 4.69) is 15.8 Å². The zero-order chi connectivity index (χ0) is 32.7. The zero-order valence-electron chi connectivity index (χ0n) is 24.6. The lowest BCUT2D eigenvalue weighted by molar-refractivity contribution is -0.137. The van der Waals surface area contributed by atoms with Crippen molar-refractivity contribution in [2.24, 2.45) is 5.10 Å². The maximum atomic E-state index is 13.6. The molecule has 1 heterocycles. The molecule has 0 bridgehead atoms. The molecule has 0 saturated carbocycles. The standard InChI is InChI=1S/C34H29F3N4O4S/c1-45-32(43)24-12-10-23(11-13-24)17-19-46-27-14-15-29-28(21-27)30(31(42)41(29)18-16-22-6-3-2-4-7-22)39-40-33(44)38-26-9-5-8-25(20-26)34(35,36)37/h2-15,20-21H,16-19H2,1H3,(H2,38,40,44)/b39-30+. The normalized spacial score (nSPS) is 13.4. The summed E-state index contributed by atoms with van der Waals surface area (Å²) in [4.78, 5) is 40.3. The van der Waals surface area contributed by atoms with Crippen LogP contribution in [0.4, 0.5) is 29.3 Å². The molecule has 46 heavy (non-hydrogen) atoms. The van der Waals surface area contributed by atoms with E-state index in [0.29, 0.717) is 35.5 Å². The van der Waals surface area contributed by atoms with Crippen LogP contribution in [0, 0.1) is 0 Å². The Bertz CT molecular complexity index is 1760. The summed E-state index contributed by atoms with van der Waals surface area (Å²) in [5, 5.41) is 6.44. The van der Waals surface area contributed by atoms with Gasteiger partial charge >= 0.3 is 18.2 Å². The van der Waals surface area contributed by atoms with Gasteiger partial charge in [0.15, 0.2) is 5.71 Å². The Hall–Kier alpha value is -5.10. The Kier molecular flexibility index (Phi) is 10.1. The van der Waals surface area contributed by atoms with E-state index in [1.165, 1.54) is 19.2 Å². The number of methoxy groups -OCH3 is 1. The van der Waals surface area contributed by atoms with E-state index in [1.807, 2.05) is 60.7 Å². The average Bonchev–Trinajstić information content (AvgIpc) is 3.32. The van der Waals surface area contributed by atoms with Gasteiger partial charge in [0.2, 0.25) is 0 Å². The van der Waals surface area contributed by atoms with Gasteiger partial charge in [0, 0.05) is 28.4 Å². The van der Waals surface area contributed by atoms with Gasteiger partial charge in [-0.2, -0.15) is 18.3 Å². The Morgan fingerprint density at radius 1 is 0.891 bits per heavy atom. The first-order valence-corrected chi connectivity index (χ1v) is 15.2. The smallest absolute Gasteiger partial charge is 0.416 e. The van der Waals surface area contributed by atoms with E-state index >= 15 is 0 Å². The molecule has 0 fully saturated rings. The summed E-state index contributed by atoms with van der Waals surface area (Å²) in [5.74, 6) is -0.0868. The lowest BCUT2D eigenvalue weighted by Gasteiger charge is -2.17. The number of halogens is 3. The maximum Gasteiger partial charge on any atom is 0.416 e. The monoisotopic (exact) mass is 646 g/mol. The summed E-state index contributed by atoms with van der Waals surface area (Å²) < 4.78 is 44.0. The third kappa shape index (κ3) is 7.94. The molecule has 0 saturated heterocycles. The lowest BCUT2D eigenvalue weighted by Crippen LogP contribution is -2.34. The molecule has 2 N–H and O–H groups in total. The predicted molar refractivity (Wildman–Crippen MR) is 171 cm³/mol. The van der Waals surface area contributed by atoms with Crippen LogP contribution in [0.2, 0.25) is 0 Å². The number of hydrogen-bond acceptors (Lipinski definition) is 6. The number of anilines is 2. The third-order valence-corrected chi connectivity index (χ3v) is 8.18. The fourth-order valence-corrected chi connectivity index (χ4v) is 5.79. The average molecular weight is 647 g/mol. The highest BCUT2D eigenvalue weighted by molar-refractivity contribution is 7.99. The maximum absolute atomic E-state index is 13.6. The van der Waals surface area contributed by atoms with Crippen molar-refractivity contribution in [1.29, 1.82) is 0 Å². The Morgan fingerprint density at radius 3 is 2.35 bits per heavy atom. The van der Waals surface area contributed by atoms with E-state index in [4.69, 9.17) is 4.74 Å². The van der Waals surface area contributed by atoms with Crippen molar-refractivity contribution < 1.29 is 32.3 Å². The molecule has 4 aromatic carbocycles. The molecule has 5 rings (SSSR count). The largest absolute Gasteiger partial charge is 0.465 e. The second-order valence-corrected chi connectivity index (χ2v) is 11.4. The highest BCUT2D eigenvalue weighted by Gasteiger charge is 2.34. The number of hydrogen-bond donors (Lipinski definition) is 2. The van der Waals surface area contributed by atoms with Crippen LogP contribution >= 0.6 is 11.8 Å². The predicted octanol–water partition coefficient (Wildman–Crippen LogP) is 6.94. The van der Waals surface area contributed by atoms with Gasteiger partial charge in [0.05, 0.1) is 23.9 Å². The Balaban J connectivity index is 1.31. The van der Waals surface area contributed by atoms with Crippen molar-refractivity contribution in [2.75, 3.05) is 29.6 Å². The molecule has 0 unspecified atom stereocenters. The van der Waals surface area contributed by atoms with Gasteiger partial charge in [-0.15, -0.1) is 11.8 Å². The zero-order valence-corrected chi connectivity index (χ0v) is 25.5. The number of thioether (sulfide) groups is 1. The summed E-state index contributed by atoms with van der Waals surface area (Å²) in [5.41, 5.74) is 5.04. The first-order valence-electron chi connectivity index (χ1n) is 14.2. The molecule has 8 nitrogen and oxygen atoms in total. The number of carbonyl (C=O) groups excluding carboxylic acids is 3. The topological polar surface area (TPSA) is 100 Å². The molecular weight excluding hydrogens is 617 g/mol. The van der Waals surface area contributed by atoms with Crippen LogP contribution in [-0.2, 0) is 28.5 Å². The van der Waals surface area contributed by atoms with Crippen LogP contribution in [0.5, 0.6) is 0 Å². The Labute approximate surface area is 267 Å². The number of esters is 1.